The minimum absolute atomic E-state index is 0.196. The third kappa shape index (κ3) is 4.57. The number of likely N-dealkylation sites (tertiary alicyclic amines) is 1. The number of hydrogen-bond acceptors (Lipinski definition) is 4. The lowest BCUT2D eigenvalue weighted by Crippen LogP contribution is -2.42. The van der Waals surface area contributed by atoms with Gasteiger partial charge in [0.1, 0.15) is 5.69 Å². The largest absolute Gasteiger partial charge is 0.369 e. The highest BCUT2D eigenvalue weighted by molar-refractivity contribution is 5.94. The number of primary amides is 1. The van der Waals surface area contributed by atoms with Crippen LogP contribution in [-0.4, -0.2) is 44.6 Å². The molecule has 7 heteroatoms. The van der Waals surface area contributed by atoms with Crippen molar-refractivity contribution in [2.75, 3.05) is 13.1 Å². The lowest BCUT2D eigenvalue weighted by Gasteiger charge is -2.26. The van der Waals surface area contributed by atoms with Crippen molar-refractivity contribution < 1.29 is 9.59 Å². The summed E-state index contributed by atoms with van der Waals surface area (Å²) in [7, 11) is 1.83. The summed E-state index contributed by atoms with van der Waals surface area (Å²) < 4.78 is 1.69. The highest BCUT2D eigenvalue weighted by atomic mass is 16.2. The number of carbonyl (C=O) groups is 2. The number of nitrogens with zero attached hydrogens (tertiary/aromatic N) is 4. The molecule has 4 aromatic rings. The van der Waals surface area contributed by atoms with Crippen molar-refractivity contribution in [1.29, 1.82) is 0 Å². The molecule has 2 amide bonds. The van der Waals surface area contributed by atoms with Crippen LogP contribution in [0.1, 0.15) is 22.5 Å². The van der Waals surface area contributed by atoms with Gasteiger partial charge in [-0.25, -0.2) is 4.98 Å². The molecule has 0 bridgehead atoms. The van der Waals surface area contributed by atoms with Crippen molar-refractivity contribution in [3.63, 3.8) is 0 Å². The van der Waals surface area contributed by atoms with E-state index in [1.807, 2.05) is 55.7 Å². The standard InChI is InChI=1S/C28H27N5O2/c1-32-18-23(17-30-32)24-8-5-9-25(31-24)26(34)33-15-14-28(19-33,27(29)35)16-20-10-12-22(13-11-20)21-6-3-2-4-7-21/h2-13,17-18H,14-16,19H2,1H3,(H2,29,35). The van der Waals surface area contributed by atoms with Gasteiger partial charge in [0, 0.05) is 31.9 Å². The Labute approximate surface area is 204 Å². The maximum Gasteiger partial charge on any atom is 0.272 e. The molecule has 2 aromatic carbocycles. The fraction of sp³-hybridized carbons (Fsp3) is 0.214. The van der Waals surface area contributed by atoms with E-state index in [0.29, 0.717) is 30.8 Å². The summed E-state index contributed by atoms with van der Waals surface area (Å²) >= 11 is 0. The Morgan fingerprint density at radius 1 is 0.943 bits per heavy atom. The van der Waals surface area contributed by atoms with E-state index in [9.17, 15) is 9.59 Å². The molecule has 1 atom stereocenters. The van der Waals surface area contributed by atoms with Crippen molar-refractivity contribution >= 4 is 11.8 Å². The van der Waals surface area contributed by atoms with E-state index in [2.05, 4.69) is 34.3 Å². The smallest absolute Gasteiger partial charge is 0.272 e. The number of carbonyl (C=O) groups excluding carboxylic acids is 2. The predicted molar refractivity (Wildman–Crippen MR) is 134 cm³/mol. The van der Waals surface area contributed by atoms with Gasteiger partial charge in [-0.3, -0.25) is 14.3 Å². The minimum Gasteiger partial charge on any atom is -0.369 e. The molecular weight excluding hydrogens is 438 g/mol. The summed E-state index contributed by atoms with van der Waals surface area (Å²) in [6, 6.07) is 23.7. The van der Waals surface area contributed by atoms with Gasteiger partial charge < -0.3 is 10.6 Å². The predicted octanol–water partition coefficient (Wildman–Crippen LogP) is 3.71. The van der Waals surface area contributed by atoms with Crippen molar-refractivity contribution in [1.82, 2.24) is 19.7 Å². The highest BCUT2D eigenvalue weighted by Gasteiger charge is 2.45. The molecule has 0 spiro atoms. The number of aromatic nitrogens is 3. The summed E-state index contributed by atoms with van der Waals surface area (Å²) in [5, 5.41) is 4.18. The zero-order chi connectivity index (χ0) is 24.4. The SMILES string of the molecule is Cn1cc(-c2cccc(C(=O)N3CCC(Cc4ccc(-c5ccccc5)cc4)(C(N)=O)C3)n2)cn1. The van der Waals surface area contributed by atoms with Crippen molar-refractivity contribution in [2.24, 2.45) is 18.2 Å². The fourth-order valence-corrected chi connectivity index (χ4v) is 4.74. The van der Waals surface area contributed by atoms with Crippen LogP contribution in [0.15, 0.2) is 85.2 Å². The number of aryl methyl sites for hydroxylation is 1. The van der Waals surface area contributed by atoms with E-state index in [1.165, 1.54) is 0 Å². The number of amides is 2. The summed E-state index contributed by atoms with van der Waals surface area (Å²) in [6.07, 6.45) is 4.59. The molecule has 3 heterocycles. The Morgan fingerprint density at radius 3 is 2.37 bits per heavy atom. The molecule has 1 fully saturated rings. The van der Waals surface area contributed by atoms with Gasteiger partial charge in [-0.1, -0.05) is 60.7 Å². The number of hydrogen-bond donors (Lipinski definition) is 1. The molecule has 1 aliphatic rings. The fourth-order valence-electron chi connectivity index (χ4n) is 4.74. The van der Waals surface area contributed by atoms with E-state index >= 15 is 0 Å². The molecule has 1 aliphatic heterocycles. The van der Waals surface area contributed by atoms with Crippen LogP contribution < -0.4 is 5.73 Å². The van der Waals surface area contributed by atoms with E-state index in [1.54, 1.807) is 21.8 Å². The highest BCUT2D eigenvalue weighted by Crippen LogP contribution is 2.35. The van der Waals surface area contributed by atoms with Crippen LogP contribution in [0.4, 0.5) is 0 Å². The van der Waals surface area contributed by atoms with Gasteiger partial charge in [-0.2, -0.15) is 5.10 Å². The van der Waals surface area contributed by atoms with E-state index in [0.717, 1.165) is 22.3 Å². The zero-order valence-electron chi connectivity index (χ0n) is 19.6. The van der Waals surface area contributed by atoms with E-state index in [4.69, 9.17) is 5.73 Å². The molecule has 35 heavy (non-hydrogen) atoms. The van der Waals surface area contributed by atoms with Gasteiger partial charge in [-0.05, 0) is 41.7 Å². The van der Waals surface area contributed by atoms with Crippen LogP contribution in [-0.2, 0) is 18.3 Å². The molecule has 0 radical (unpaired) electrons. The number of benzene rings is 2. The second kappa shape index (κ2) is 9.18. The summed E-state index contributed by atoms with van der Waals surface area (Å²) in [5.41, 5.74) is 10.3. The number of nitrogens with two attached hydrogens (primary N) is 1. The third-order valence-electron chi connectivity index (χ3n) is 6.74. The molecule has 2 aromatic heterocycles. The maximum absolute atomic E-state index is 13.3. The molecule has 0 saturated carbocycles. The third-order valence-corrected chi connectivity index (χ3v) is 6.74. The number of pyridine rings is 1. The average molecular weight is 466 g/mol. The van der Waals surface area contributed by atoms with Crippen LogP contribution in [0, 0.1) is 5.41 Å². The molecule has 176 valence electrons. The topological polar surface area (TPSA) is 94.1 Å². The van der Waals surface area contributed by atoms with Gasteiger partial charge in [-0.15, -0.1) is 0 Å². The van der Waals surface area contributed by atoms with Crippen LogP contribution >= 0.6 is 0 Å². The summed E-state index contributed by atoms with van der Waals surface area (Å²) in [5.74, 6) is -0.574. The first-order chi connectivity index (χ1) is 16.9. The van der Waals surface area contributed by atoms with Crippen LogP contribution in [0.2, 0.25) is 0 Å². The van der Waals surface area contributed by atoms with Crippen LogP contribution in [0.5, 0.6) is 0 Å². The Hall–Kier alpha value is -4.26. The van der Waals surface area contributed by atoms with Crippen LogP contribution in [0.25, 0.3) is 22.4 Å². The lowest BCUT2D eigenvalue weighted by molar-refractivity contribution is -0.126. The Bertz CT molecular complexity index is 1360. The van der Waals surface area contributed by atoms with Crippen molar-refractivity contribution in [2.45, 2.75) is 12.8 Å². The minimum atomic E-state index is -0.801. The van der Waals surface area contributed by atoms with Gasteiger partial charge in [0.05, 0.1) is 17.3 Å². The van der Waals surface area contributed by atoms with Gasteiger partial charge in [0.2, 0.25) is 5.91 Å². The molecule has 7 nitrogen and oxygen atoms in total. The molecule has 1 unspecified atom stereocenters. The lowest BCUT2D eigenvalue weighted by atomic mass is 9.80. The maximum atomic E-state index is 13.3. The Balaban J connectivity index is 1.33. The first-order valence-electron chi connectivity index (χ1n) is 11.6. The molecule has 5 rings (SSSR count). The van der Waals surface area contributed by atoms with Gasteiger partial charge in [0.15, 0.2) is 0 Å². The first kappa shape index (κ1) is 22.5. The van der Waals surface area contributed by atoms with E-state index in [-0.39, 0.29) is 18.4 Å². The first-order valence-corrected chi connectivity index (χ1v) is 11.6. The Kier molecular flexibility index (Phi) is 5.91. The summed E-state index contributed by atoms with van der Waals surface area (Å²) in [4.78, 5) is 32.2. The zero-order valence-corrected chi connectivity index (χ0v) is 19.6. The van der Waals surface area contributed by atoms with Crippen LogP contribution in [0.3, 0.4) is 0 Å². The Morgan fingerprint density at radius 2 is 1.69 bits per heavy atom. The molecule has 1 saturated heterocycles. The molecule has 2 N–H and O–H groups in total. The normalized spacial score (nSPS) is 17.5. The van der Waals surface area contributed by atoms with E-state index < -0.39 is 5.41 Å². The molecular formula is C28H27N5O2. The monoisotopic (exact) mass is 465 g/mol. The quantitative estimate of drug-likeness (QED) is 0.470. The van der Waals surface area contributed by atoms with Gasteiger partial charge >= 0.3 is 0 Å². The second-order valence-corrected chi connectivity index (χ2v) is 9.17. The number of rotatable bonds is 6. The second-order valence-electron chi connectivity index (χ2n) is 9.17. The van der Waals surface area contributed by atoms with Crippen molar-refractivity contribution in [3.8, 4) is 22.4 Å². The molecule has 0 aliphatic carbocycles. The average Bonchev–Trinajstić information content (AvgIpc) is 3.52. The summed E-state index contributed by atoms with van der Waals surface area (Å²) in [6.45, 7) is 0.739. The van der Waals surface area contributed by atoms with Crippen molar-refractivity contribution in [3.05, 3.63) is 96.4 Å². The van der Waals surface area contributed by atoms with Gasteiger partial charge in [0.25, 0.3) is 5.91 Å².